The van der Waals surface area contributed by atoms with E-state index in [1.165, 1.54) is 22.5 Å². The minimum Gasteiger partial charge on any atom is -0.440 e. The molecular weight excluding hydrogens is 537 g/mol. The number of rotatable bonds is 5. The summed E-state index contributed by atoms with van der Waals surface area (Å²) < 4.78 is 54.8. The first-order valence-corrected chi connectivity index (χ1v) is 14.4. The Balaban J connectivity index is 1.30. The van der Waals surface area contributed by atoms with Gasteiger partial charge in [0.1, 0.15) is 5.82 Å². The van der Waals surface area contributed by atoms with Gasteiger partial charge in [-0.05, 0) is 73.0 Å². The van der Waals surface area contributed by atoms with Gasteiger partial charge in [-0.1, -0.05) is 59.6 Å². The number of ether oxygens (including phenoxy) is 2. The van der Waals surface area contributed by atoms with Crippen molar-refractivity contribution in [3.8, 4) is 11.5 Å². The van der Waals surface area contributed by atoms with Crippen molar-refractivity contribution in [3.63, 3.8) is 0 Å². The molecule has 0 amide bonds. The Bertz CT molecular complexity index is 1620. The Morgan fingerprint density at radius 1 is 0.846 bits per heavy atom. The topological polar surface area (TPSA) is 55.8 Å². The Labute approximate surface area is 232 Å². The maximum atomic E-state index is 13.6. The Morgan fingerprint density at radius 3 is 2.13 bits per heavy atom. The maximum absolute atomic E-state index is 13.6. The van der Waals surface area contributed by atoms with E-state index in [1.54, 1.807) is 36.4 Å². The standard InChI is InChI=1S/C31H25ClFNO4S/c1-21-2-6-24(7-3-21)31(25-8-10-26(32)11-9-25)37-29-15-14-28(20-30(29)38-31)39(35,36)34-18-16-23(17-19-34)22-4-12-27(33)13-5-22/h2-16,20H,17-19H2,1H3. The molecule has 1 atom stereocenters. The van der Waals surface area contributed by atoms with Gasteiger partial charge in [-0.3, -0.25) is 0 Å². The highest BCUT2D eigenvalue weighted by molar-refractivity contribution is 7.89. The molecule has 0 aliphatic carbocycles. The number of hydrogen-bond donors (Lipinski definition) is 0. The number of benzene rings is 4. The molecule has 0 bridgehead atoms. The Hall–Kier alpha value is -3.65. The first kappa shape index (κ1) is 25.6. The van der Waals surface area contributed by atoms with E-state index < -0.39 is 15.8 Å². The van der Waals surface area contributed by atoms with Crippen molar-refractivity contribution in [2.45, 2.75) is 24.0 Å². The Morgan fingerprint density at radius 2 is 1.49 bits per heavy atom. The van der Waals surface area contributed by atoms with E-state index in [4.69, 9.17) is 21.1 Å². The van der Waals surface area contributed by atoms with E-state index in [0.29, 0.717) is 29.5 Å². The van der Waals surface area contributed by atoms with Gasteiger partial charge in [-0.2, -0.15) is 4.31 Å². The van der Waals surface area contributed by atoms with Crippen LogP contribution in [0, 0.1) is 12.7 Å². The van der Waals surface area contributed by atoms with Crippen LogP contribution in [0.3, 0.4) is 0 Å². The van der Waals surface area contributed by atoms with Gasteiger partial charge in [-0.25, -0.2) is 12.8 Å². The van der Waals surface area contributed by atoms with Crippen LogP contribution in [0.25, 0.3) is 5.57 Å². The molecule has 2 heterocycles. The molecule has 6 rings (SSSR count). The van der Waals surface area contributed by atoms with Crippen LogP contribution in [0.5, 0.6) is 11.5 Å². The molecule has 0 N–H and O–H groups in total. The van der Waals surface area contributed by atoms with Crippen LogP contribution in [0.1, 0.15) is 28.7 Å². The highest BCUT2D eigenvalue weighted by Gasteiger charge is 2.46. The molecule has 39 heavy (non-hydrogen) atoms. The zero-order chi connectivity index (χ0) is 27.2. The fourth-order valence-corrected chi connectivity index (χ4v) is 6.45. The lowest BCUT2D eigenvalue weighted by molar-refractivity contribution is -0.0459. The largest absolute Gasteiger partial charge is 0.440 e. The molecule has 4 aromatic carbocycles. The second-order valence-electron chi connectivity index (χ2n) is 9.65. The second kappa shape index (κ2) is 9.83. The van der Waals surface area contributed by atoms with E-state index in [0.717, 1.165) is 27.8 Å². The van der Waals surface area contributed by atoms with Crippen molar-refractivity contribution in [1.29, 1.82) is 0 Å². The van der Waals surface area contributed by atoms with Gasteiger partial charge in [-0.15, -0.1) is 0 Å². The summed E-state index contributed by atoms with van der Waals surface area (Å²) in [6.45, 7) is 2.54. The normalized spacial score (nSPS) is 19.1. The number of halogens is 2. The molecule has 2 aliphatic heterocycles. The molecule has 0 aromatic heterocycles. The van der Waals surface area contributed by atoms with Crippen molar-refractivity contribution in [1.82, 2.24) is 4.31 Å². The van der Waals surface area contributed by atoms with Crippen molar-refractivity contribution < 1.29 is 22.3 Å². The molecule has 2 aliphatic rings. The lowest BCUT2D eigenvalue weighted by Gasteiger charge is -2.29. The molecule has 8 heteroatoms. The van der Waals surface area contributed by atoms with Crippen LogP contribution in [-0.4, -0.2) is 25.8 Å². The van der Waals surface area contributed by atoms with E-state index in [-0.39, 0.29) is 17.3 Å². The number of nitrogens with zero attached hydrogens (tertiary/aromatic N) is 1. The quantitative estimate of drug-likeness (QED) is 0.265. The average Bonchev–Trinajstić information content (AvgIpc) is 3.34. The van der Waals surface area contributed by atoms with Gasteiger partial charge >= 0.3 is 5.79 Å². The third kappa shape index (κ3) is 4.71. The smallest absolute Gasteiger partial charge is 0.305 e. The summed E-state index contributed by atoms with van der Waals surface area (Å²) in [7, 11) is -3.80. The monoisotopic (exact) mass is 561 g/mol. The van der Waals surface area contributed by atoms with Crippen molar-refractivity contribution >= 4 is 27.2 Å². The van der Waals surface area contributed by atoms with E-state index in [2.05, 4.69) is 0 Å². The predicted molar refractivity (Wildman–Crippen MR) is 149 cm³/mol. The Kier molecular flexibility index (Phi) is 6.46. The maximum Gasteiger partial charge on any atom is 0.305 e. The van der Waals surface area contributed by atoms with Crippen LogP contribution in [0.2, 0.25) is 5.02 Å². The number of aryl methyl sites for hydroxylation is 1. The molecule has 0 saturated carbocycles. The molecule has 0 fully saturated rings. The van der Waals surface area contributed by atoms with Crippen molar-refractivity contribution in [2.24, 2.45) is 0 Å². The SMILES string of the molecule is Cc1ccc(C2(c3ccc(Cl)cc3)Oc3ccc(S(=O)(=O)N4CC=C(c5ccc(F)cc5)CC4)cc3O2)cc1. The van der Waals surface area contributed by atoms with Gasteiger partial charge in [0.15, 0.2) is 11.5 Å². The fourth-order valence-electron chi connectivity index (χ4n) is 4.93. The first-order valence-electron chi connectivity index (χ1n) is 12.5. The van der Waals surface area contributed by atoms with E-state index >= 15 is 0 Å². The van der Waals surface area contributed by atoms with Gasteiger partial charge in [0, 0.05) is 35.3 Å². The van der Waals surface area contributed by atoms with Crippen LogP contribution < -0.4 is 9.47 Å². The van der Waals surface area contributed by atoms with Crippen molar-refractivity contribution in [2.75, 3.05) is 13.1 Å². The fraction of sp³-hybridized carbons (Fsp3) is 0.161. The number of fused-ring (bicyclic) bond motifs is 1. The number of hydrogen-bond acceptors (Lipinski definition) is 4. The summed E-state index contributed by atoms with van der Waals surface area (Å²) in [5.74, 6) is -0.807. The van der Waals surface area contributed by atoms with Crippen LogP contribution in [0.15, 0.2) is 102 Å². The summed E-state index contributed by atoms with van der Waals surface area (Å²) in [6, 6.07) is 26.0. The summed E-state index contributed by atoms with van der Waals surface area (Å²) >= 11 is 6.14. The molecule has 0 radical (unpaired) electrons. The van der Waals surface area contributed by atoms with Gasteiger partial charge in [0.05, 0.1) is 4.90 Å². The van der Waals surface area contributed by atoms with Crippen molar-refractivity contribution in [3.05, 3.63) is 130 Å². The van der Waals surface area contributed by atoms with Gasteiger partial charge < -0.3 is 9.47 Å². The zero-order valence-corrected chi connectivity index (χ0v) is 22.7. The van der Waals surface area contributed by atoms with Gasteiger partial charge in [0.2, 0.25) is 10.0 Å². The van der Waals surface area contributed by atoms with E-state index in [1.807, 2.05) is 49.4 Å². The van der Waals surface area contributed by atoms with E-state index in [9.17, 15) is 12.8 Å². The minimum atomic E-state index is -3.80. The minimum absolute atomic E-state index is 0.124. The highest BCUT2D eigenvalue weighted by Crippen LogP contribution is 2.48. The molecule has 198 valence electrons. The second-order valence-corrected chi connectivity index (χ2v) is 12.0. The highest BCUT2D eigenvalue weighted by atomic mass is 35.5. The van der Waals surface area contributed by atoms with Crippen LogP contribution >= 0.6 is 11.6 Å². The third-order valence-corrected chi connectivity index (χ3v) is 9.22. The zero-order valence-electron chi connectivity index (χ0n) is 21.1. The summed E-state index contributed by atoms with van der Waals surface area (Å²) in [5.41, 5.74) is 4.48. The molecule has 0 saturated heterocycles. The van der Waals surface area contributed by atoms with Crippen LogP contribution in [-0.2, 0) is 15.8 Å². The molecule has 0 spiro atoms. The average molecular weight is 562 g/mol. The third-order valence-electron chi connectivity index (χ3n) is 7.10. The summed E-state index contributed by atoms with van der Waals surface area (Å²) in [5, 5.41) is 0.583. The predicted octanol–water partition coefficient (Wildman–Crippen LogP) is 6.94. The number of sulfonamides is 1. The summed E-state index contributed by atoms with van der Waals surface area (Å²) in [4.78, 5) is 0.124. The first-order chi connectivity index (χ1) is 18.7. The molecule has 1 unspecified atom stereocenters. The molecule has 4 aromatic rings. The summed E-state index contributed by atoms with van der Waals surface area (Å²) in [6.07, 6.45) is 2.41. The molecular formula is C31H25ClFNO4S. The lowest BCUT2D eigenvalue weighted by Crippen LogP contribution is -2.36. The van der Waals surface area contributed by atoms with Crippen LogP contribution in [0.4, 0.5) is 4.39 Å². The molecule has 5 nitrogen and oxygen atoms in total. The van der Waals surface area contributed by atoms with Gasteiger partial charge in [0.25, 0.3) is 0 Å². The lowest BCUT2D eigenvalue weighted by atomic mass is 9.96.